The highest BCUT2D eigenvalue weighted by molar-refractivity contribution is 6.34. The molecule has 12 heteroatoms. The van der Waals surface area contributed by atoms with Gasteiger partial charge in [-0.2, -0.15) is 0 Å². The van der Waals surface area contributed by atoms with Gasteiger partial charge in [-0.3, -0.25) is 20.2 Å². The van der Waals surface area contributed by atoms with Gasteiger partial charge in [0.05, 0.1) is 31.3 Å². The van der Waals surface area contributed by atoms with Crippen molar-refractivity contribution < 1.29 is 9.85 Å². The van der Waals surface area contributed by atoms with Gasteiger partial charge in [-0.1, -0.05) is 58.5 Å². The molecule has 0 fully saturated rings. The van der Waals surface area contributed by atoms with Crippen LogP contribution < -0.4 is 11.5 Å². The van der Waals surface area contributed by atoms with Crippen LogP contribution in [0, 0.1) is 20.2 Å². The SMILES string of the molecule is Nc1ccc(-c2ccc(N)c(Cl)c2)cc1Cl.O=[N+]([O-])c1ccc(-c2ccc([N+](=O)[O-])c(Cl)c2)cc1Cl. The van der Waals surface area contributed by atoms with Gasteiger partial charge in [0.1, 0.15) is 10.0 Å². The third-order valence-corrected chi connectivity index (χ3v) is 6.22. The van der Waals surface area contributed by atoms with Crippen molar-refractivity contribution in [1.29, 1.82) is 0 Å². The van der Waals surface area contributed by atoms with Gasteiger partial charge in [-0.25, -0.2) is 0 Å². The van der Waals surface area contributed by atoms with Crippen LogP contribution in [-0.4, -0.2) is 9.85 Å². The standard InChI is InChI=1S/C12H6Cl2N2O4.C12H10Cl2N2/c13-9-5-7(1-3-11(9)15(17)18)8-2-4-12(16(19)20)10(14)6-8;13-9-5-7(1-3-11(9)15)8-2-4-12(16)10(14)6-8/h1-6H;1-6H,15-16H2. The van der Waals surface area contributed by atoms with E-state index in [0.29, 0.717) is 32.5 Å². The molecule has 4 rings (SSSR count). The molecular formula is C24H16Cl4N4O4. The average molecular weight is 566 g/mol. The first kappa shape index (κ1) is 27.0. The Morgan fingerprint density at radius 1 is 0.500 bits per heavy atom. The van der Waals surface area contributed by atoms with E-state index < -0.39 is 9.85 Å². The van der Waals surface area contributed by atoms with Crippen molar-refractivity contribution in [3.8, 4) is 22.3 Å². The van der Waals surface area contributed by atoms with Gasteiger partial charge >= 0.3 is 0 Å². The molecule has 0 aliphatic heterocycles. The number of nitrogens with zero attached hydrogens (tertiary/aromatic N) is 2. The lowest BCUT2D eigenvalue weighted by atomic mass is 10.0. The Hall–Kier alpha value is -3.56. The summed E-state index contributed by atoms with van der Waals surface area (Å²) in [6, 6.07) is 19.3. The van der Waals surface area contributed by atoms with E-state index in [9.17, 15) is 20.2 Å². The van der Waals surface area contributed by atoms with Crippen LogP contribution in [0.5, 0.6) is 0 Å². The Morgan fingerprint density at radius 3 is 1.03 bits per heavy atom. The molecule has 0 heterocycles. The molecule has 0 radical (unpaired) electrons. The minimum Gasteiger partial charge on any atom is -0.398 e. The van der Waals surface area contributed by atoms with Crippen molar-refractivity contribution in [2.24, 2.45) is 0 Å². The molecule has 0 saturated heterocycles. The summed E-state index contributed by atoms with van der Waals surface area (Å²) in [5, 5.41) is 22.4. The molecule has 0 unspecified atom stereocenters. The molecule has 8 nitrogen and oxygen atoms in total. The van der Waals surface area contributed by atoms with E-state index in [-0.39, 0.29) is 21.4 Å². The smallest absolute Gasteiger partial charge is 0.287 e. The van der Waals surface area contributed by atoms with Gasteiger partial charge in [0.25, 0.3) is 11.4 Å². The molecule has 4 N–H and O–H groups in total. The van der Waals surface area contributed by atoms with Crippen LogP contribution in [0.4, 0.5) is 22.7 Å². The van der Waals surface area contributed by atoms with E-state index in [4.69, 9.17) is 57.9 Å². The minimum atomic E-state index is -0.588. The minimum absolute atomic E-state index is 0.0121. The fourth-order valence-corrected chi connectivity index (χ4v) is 3.94. The van der Waals surface area contributed by atoms with Crippen LogP contribution in [0.25, 0.3) is 22.3 Å². The second-order valence-corrected chi connectivity index (χ2v) is 8.95. The van der Waals surface area contributed by atoms with E-state index in [1.54, 1.807) is 24.3 Å². The topological polar surface area (TPSA) is 138 Å². The van der Waals surface area contributed by atoms with Crippen LogP contribution in [-0.2, 0) is 0 Å². The van der Waals surface area contributed by atoms with Crippen molar-refractivity contribution in [3.63, 3.8) is 0 Å². The van der Waals surface area contributed by atoms with E-state index in [0.717, 1.165) is 11.1 Å². The predicted octanol–water partition coefficient (Wildman–Crippen LogP) is 8.30. The maximum atomic E-state index is 10.7. The third-order valence-electron chi connectivity index (χ3n) is 4.96. The molecule has 0 amide bonds. The molecule has 4 aromatic carbocycles. The van der Waals surface area contributed by atoms with E-state index in [1.807, 2.05) is 12.1 Å². The molecular weight excluding hydrogens is 550 g/mol. The average Bonchev–Trinajstić information content (AvgIpc) is 2.82. The molecule has 4 aromatic rings. The van der Waals surface area contributed by atoms with E-state index in [1.165, 1.54) is 36.4 Å². The lowest BCUT2D eigenvalue weighted by Crippen LogP contribution is -1.91. The fourth-order valence-electron chi connectivity index (χ4n) is 3.08. The number of hydrogen-bond acceptors (Lipinski definition) is 6. The summed E-state index contributed by atoms with van der Waals surface area (Å²) in [7, 11) is 0. The highest BCUT2D eigenvalue weighted by Crippen LogP contribution is 2.34. The summed E-state index contributed by atoms with van der Waals surface area (Å²) >= 11 is 23.5. The van der Waals surface area contributed by atoms with Gasteiger partial charge in [0, 0.05) is 12.1 Å². The quantitative estimate of drug-likeness (QED) is 0.145. The van der Waals surface area contributed by atoms with E-state index in [2.05, 4.69) is 0 Å². The summed E-state index contributed by atoms with van der Waals surface area (Å²) in [4.78, 5) is 20.2. The van der Waals surface area contributed by atoms with Crippen molar-refractivity contribution in [3.05, 3.63) is 113 Å². The number of nitrogen functional groups attached to an aromatic ring is 2. The van der Waals surface area contributed by atoms with Gasteiger partial charge in [-0.15, -0.1) is 0 Å². The van der Waals surface area contributed by atoms with Gasteiger partial charge in [0.15, 0.2) is 0 Å². The molecule has 0 aliphatic carbocycles. The van der Waals surface area contributed by atoms with Crippen molar-refractivity contribution in [2.75, 3.05) is 11.5 Å². The number of hydrogen-bond donors (Lipinski definition) is 2. The van der Waals surface area contributed by atoms with Crippen LogP contribution in [0.15, 0.2) is 72.8 Å². The maximum absolute atomic E-state index is 10.7. The van der Waals surface area contributed by atoms with Crippen molar-refractivity contribution in [1.82, 2.24) is 0 Å². The highest BCUT2D eigenvalue weighted by Gasteiger charge is 2.16. The van der Waals surface area contributed by atoms with Gasteiger partial charge in [0.2, 0.25) is 0 Å². The molecule has 0 atom stereocenters. The first-order valence-corrected chi connectivity index (χ1v) is 11.5. The second-order valence-electron chi connectivity index (χ2n) is 7.32. The molecule has 0 bridgehead atoms. The van der Waals surface area contributed by atoms with E-state index >= 15 is 0 Å². The van der Waals surface area contributed by atoms with Crippen LogP contribution >= 0.6 is 46.4 Å². The Kier molecular flexibility index (Phi) is 8.60. The Bertz CT molecular complexity index is 1370. The van der Waals surface area contributed by atoms with Crippen LogP contribution in [0.3, 0.4) is 0 Å². The number of nitro benzene ring substituents is 2. The number of anilines is 2. The summed E-state index contributed by atoms with van der Waals surface area (Å²) in [5.74, 6) is 0. The molecule has 0 aromatic heterocycles. The fraction of sp³-hybridized carbons (Fsp3) is 0. The molecule has 36 heavy (non-hydrogen) atoms. The van der Waals surface area contributed by atoms with Gasteiger partial charge < -0.3 is 11.5 Å². The number of halogens is 4. The van der Waals surface area contributed by atoms with Crippen LogP contribution in [0.2, 0.25) is 20.1 Å². The lowest BCUT2D eigenvalue weighted by molar-refractivity contribution is -0.384. The summed E-state index contributed by atoms with van der Waals surface area (Å²) in [6.07, 6.45) is 0. The Balaban J connectivity index is 0.000000205. The first-order chi connectivity index (χ1) is 17.0. The predicted molar refractivity (Wildman–Crippen MR) is 146 cm³/mol. The van der Waals surface area contributed by atoms with Gasteiger partial charge in [-0.05, 0) is 70.8 Å². The molecule has 0 spiro atoms. The number of benzene rings is 4. The molecule has 0 saturated carbocycles. The van der Waals surface area contributed by atoms with Crippen molar-refractivity contribution in [2.45, 2.75) is 0 Å². The highest BCUT2D eigenvalue weighted by atomic mass is 35.5. The maximum Gasteiger partial charge on any atom is 0.287 e. The zero-order chi connectivity index (χ0) is 26.6. The second kappa shape index (κ2) is 11.5. The first-order valence-electron chi connectivity index (χ1n) is 9.96. The summed E-state index contributed by atoms with van der Waals surface area (Å²) < 4.78 is 0. The summed E-state index contributed by atoms with van der Waals surface area (Å²) in [5.41, 5.74) is 15.1. The molecule has 184 valence electrons. The Morgan fingerprint density at radius 2 is 0.778 bits per heavy atom. The van der Waals surface area contributed by atoms with Crippen molar-refractivity contribution >= 4 is 69.2 Å². The molecule has 0 aliphatic rings. The third kappa shape index (κ3) is 6.35. The summed E-state index contributed by atoms with van der Waals surface area (Å²) in [6.45, 7) is 0. The number of rotatable bonds is 4. The number of nitro groups is 2. The normalized spacial score (nSPS) is 10.3. The van der Waals surface area contributed by atoms with Crippen LogP contribution in [0.1, 0.15) is 0 Å². The number of nitrogens with two attached hydrogens (primary N) is 2. The Labute approximate surface area is 225 Å². The monoisotopic (exact) mass is 564 g/mol. The largest absolute Gasteiger partial charge is 0.398 e. The lowest BCUT2D eigenvalue weighted by Gasteiger charge is -2.06. The zero-order valence-electron chi connectivity index (χ0n) is 18.1. The zero-order valence-corrected chi connectivity index (χ0v) is 21.1.